The van der Waals surface area contributed by atoms with Crippen LogP contribution in [0.4, 0.5) is 0 Å². The number of hydrogen-bond acceptors (Lipinski definition) is 4. The Morgan fingerprint density at radius 3 is 2.59 bits per heavy atom. The zero-order chi connectivity index (χ0) is 18.9. The fourth-order valence-electron chi connectivity index (χ4n) is 4.26. The number of fused-ring (bicyclic) bond motifs is 4. The lowest BCUT2D eigenvalue weighted by Gasteiger charge is -2.12. The molecule has 1 spiro atoms. The molecule has 4 nitrogen and oxygen atoms in total. The molecule has 0 N–H and O–H groups in total. The summed E-state index contributed by atoms with van der Waals surface area (Å²) in [5, 5.41) is 11.0. The Morgan fingerprint density at radius 2 is 1.93 bits per heavy atom. The number of aliphatic imine (C=N–C) groups is 1. The van der Waals surface area contributed by atoms with E-state index >= 15 is 0 Å². The van der Waals surface area contributed by atoms with Crippen LogP contribution >= 0.6 is 22.9 Å². The number of hydrogen-bond donors (Lipinski definition) is 0. The first-order valence-corrected chi connectivity index (χ1v) is 10.5. The summed E-state index contributed by atoms with van der Waals surface area (Å²) in [6.45, 7) is 8.64. The van der Waals surface area contributed by atoms with Gasteiger partial charge in [0.1, 0.15) is 16.4 Å². The topological polar surface area (TPSA) is 43.1 Å². The van der Waals surface area contributed by atoms with Gasteiger partial charge in [-0.2, -0.15) is 0 Å². The Hall–Kier alpha value is -1.98. The SMILES string of the molecule is CC[C@@H]1C[C@]12N=C(c1ccc(Cl)cc1)c1c(sc(C)c1C)-n1c(C)nnc12. The maximum atomic E-state index is 6.15. The predicted octanol–water partition coefficient (Wildman–Crippen LogP) is 5.38. The third-order valence-corrected chi connectivity index (χ3v) is 7.46. The standard InChI is InChI=1S/C21H21ClN4S/c1-5-15-10-21(15)20-25-24-13(4)26(20)19-17(11(2)12(3)27-19)18(23-21)14-6-8-16(22)9-7-14/h6-9,15H,5,10H2,1-4H3/t15-,21+/m1/s1. The molecule has 0 radical (unpaired) electrons. The Labute approximate surface area is 167 Å². The van der Waals surface area contributed by atoms with Crippen LogP contribution in [0.25, 0.3) is 5.00 Å². The summed E-state index contributed by atoms with van der Waals surface area (Å²) in [4.78, 5) is 6.70. The second kappa shape index (κ2) is 5.76. The molecule has 5 rings (SSSR count). The largest absolute Gasteiger partial charge is 0.271 e. The van der Waals surface area contributed by atoms with Crippen LogP contribution in [-0.2, 0) is 5.54 Å². The van der Waals surface area contributed by atoms with Crippen molar-refractivity contribution in [2.24, 2.45) is 10.9 Å². The second-order valence-electron chi connectivity index (χ2n) is 7.57. The second-order valence-corrected chi connectivity index (χ2v) is 9.21. The van der Waals surface area contributed by atoms with Crippen molar-refractivity contribution in [1.29, 1.82) is 0 Å². The quantitative estimate of drug-likeness (QED) is 0.583. The summed E-state index contributed by atoms with van der Waals surface area (Å²) >= 11 is 7.96. The summed E-state index contributed by atoms with van der Waals surface area (Å²) in [6.07, 6.45) is 2.13. The van der Waals surface area contributed by atoms with E-state index in [-0.39, 0.29) is 5.54 Å². The lowest BCUT2D eigenvalue weighted by molar-refractivity contribution is 0.573. The molecular weight excluding hydrogens is 376 g/mol. The number of aromatic nitrogens is 3. The molecule has 138 valence electrons. The summed E-state index contributed by atoms with van der Waals surface area (Å²) in [5.41, 5.74) is 4.41. The van der Waals surface area contributed by atoms with Gasteiger partial charge in [0.05, 0.1) is 5.71 Å². The van der Waals surface area contributed by atoms with E-state index in [4.69, 9.17) is 16.6 Å². The van der Waals surface area contributed by atoms with Crippen molar-refractivity contribution < 1.29 is 0 Å². The van der Waals surface area contributed by atoms with Gasteiger partial charge in [0.15, 0.2) is 5.82 Å². The Morgan fingerprint density at radius 1 is 1.19 bits per heavy atom. The van der Waals surface area contributed by atoms with Gasteiger partial charge >= 0.3 is 0 Å². The van der Waals surface area contributed by atoms with Crippen LogP contribution in [0.15, 0.2) is 29.3 Å². The van der Waals surface area contributed by atoms with E-state index in [1.54, 1.807) is 11.3 Å². The molecule has 1 aromatic carbocycles. The monoisotopic (exact) mass is 396 g/mol. The van der Waals surface area contributed by atoms with Crippen molar-refractivity contribution in [2.75, 3.05) is 0 Å². The molecule has 3 heterocycles. The van der Waals surface area contributed by atoms with Gasteiger partial charge in [0.2, 0.25) is 0 Å². The van der Waals surface area contributed by atoms with E-state index in [2.05, 4.69) is 47.7 Å². The van der Waals surface area contributed by atoms with Crippen LogP contribution in [0.2, 0.25) is 5.02 Å². The first kappa shape index (κ1) is 17.1. The lowest BCUT2D eigenvalue weighted by atomic mass is 9.99. The van der Waals surface area contributed by atoms with Gasteiger partial charge in [-0.15, -0.1) is 21.5 Å². The predicted molar refractivity (Wildman–Crippen MR) is 111 cm³/mol. The van der Waals surface area contributed by atoms with Crippen LogP contribution in [-0.4, -0.2) is 20.5 Å². The minimum absolute atomic E-state index is 0.260. The molecule has 0 amide bonds. The highest BCUT2D eigenvalue weighted by Crippen LogP contribution is 2.59. The van der Waals surface area contributed by atoms with E-state index in [9.17, 15) is 0 Å². The number of benzene rings is 1. The van der Waals surface area contributed by atoms with Crippen molar-refractivity contribution in [2.45, 2.75) is 46.1 Å². The minimum atomic E-state index is -0.260. The number of rotatable bonds is 2. The van der Waals surface area contributed by atoms with Crippen LogP contribution in [0.5, 0.6) is 0 Å². The third-order valence-electron chi connectivity index (χ3n) is 6.01. The average Bonchev–Trinajstić information content (AvgIpc) is 3.15. The van der Waals surface area contributed by atoms with Gasteiger partial charge in [0, 0.05) is 21.0 Å². The zero-order valence-electron chi connectivity index (χ0n) is 15.9. The Balaban J connectivity index is 1.86. The number of aryl methyl sites for hydroxylation is 2. The molecule has 1 aliphatic carbocycles. The zero-order valence-corrected chi connectivity index (χ0v) is 17.4. The maximum Gasteiger partial charge on any atom is 0.166 e. The van der Waals surface area contributed by atoms with Gasteiger partial charge in [-0.25, -0.2) is 0 Å². The van der Waals surface area contributed by atoms with Crippen LogP contribution in [0, 0.1) is 26.7 Å². The molecule has 6 heteroatoms. The van der Waals surface area contributed by atoms with E-state index in [0.717, 1.165) is 40.8 Å². The first-order valence-electron chi connectivity index (χ1n) is 9.35. The summed E-state index contributed by atoms with van der Waals surface area (Å²) in [5.74, 6) is 2.44. The molecule has 3 aromatic rings. The van der Waals surface area contributed by atoms with E-state index < -0.39 is 0 Å². The van der Waals surface area contributed by atoms with E-state index in [1.165, 1.54) is 21.0 Å². The molecule has 2 aromatic heterocycles. The molecule has 1 fully saturated rings. The van der Waals surface area contributed by atoms with Gasteiger partial charge < -0.3 is 0 Å². The molecule has 0 bridgehead atoms. The van der Waals surface area contributed by atoms with Crippen LogP contribution in [0.3, 0.4) is 0 Å². The average molecular weight is 397 g/mol. The van der Waals surface area contributed by atoms with E-state index in [0.29, 0.717) is 5.92 Å². The molecular formula is C21H21ClN4S. The summed E-state index contributed by atoms with van der Waals surface area (Å²) in [6, 6.07) is 8.04. The van der Waals surface area contributed by atoms with Gasteiger partial charge in [-0.3, -0.25) is 9.56 Å². The molecule has 1 aliphatic heterocycles. The third kappa shape index (κ3) is 2.31. The van der Waals surface area contributed by atoms with Crippen molar-refractivity contribution in [3.63, 3.8) is 0 Å². The molecule has 27 heavy (non-hydrogen) atoms. The van der Waals surface area contributed by atoms with Gasteiger partial charge in [-0.05, 0) is 50.8 Å². The van der Waals surface area contributed by atoms with Gasteiger partial charge in [0.25, 0.3) is 0 Å². The minimum Gasteiger partial charge on any atom is -0.271 e. The normalized spacial score (nSPS) is 23.0. The summed E-state index contributed by atoms with van der Waals surface area (Å²) in [7, 11) is 0. The number of halogens is 1. The van der Waals surface area contributed by atoms with Gasteiger partial charge in [-0.1, -0.05) is 37.1 Å². The number of thiophene rings is 1. The van der Waals surface area contributed by atoms with Crippen LogP contribution < -0.4 is 0 Å². The Kier molecular flexibility index (Phi) is 3.66. The molecule has 2 atom stereocenters. The Bertz CT molecular complexity index is 1090. The molecule has 0 unspecified atom stereocenters. The van der Waals surface area contributed by atoms with Crippen molar-refractivity contribution in [1.82, 2.24) is 14.8 Å². The van der Waals surface area contributed by atoms with Crippen LogP contribution in [0.1, 0.15) is 53.0 Å². The smallest absolute Gasteiger partial charge is 0.166 e. The highest BCUT2D eigenvalue weighted by molar-refractivity contribution is 7.15. The molecule has 2 aliphatic rings. The van der Waals surface area contributed by atoms with Crippen molar-refractivity contribution in [3.8, 4) is 5.00 Å². The first-order chi connectivity index (χ1) is 13.0. The number of nitrogens with zero attached hydrogens (tertiary/aromatic N) is 4. The van der Waals surface area contributed by atoms with Crippen molar-refractivity contribution in [3.05, 3.63) is 62.5 Å². The fraction of sp³-hybridized carbons (Fsp3) is 0.381. The molecule has 1 saturated carbocycles. The highest BCUT2D eigenvalue weighted by Gasteiger charge is 2.59. The summed E-state index contributed by atoms with van der Waals surface area (Å²) < 4.78 is 2.25. The van der Waals surface area contributed by atoms with Crippen molar-refractivity contribution >= 4 is 28.6 Å². The lowest BCUT2D eigenvalue weighted by Crippen LogP contribution is -2.14. The fourth-order valence-corrected chi connectivity index (χ4v) is 5.60. The highest BCUT2D eigenvalue weighted by atomic mass is 35.5. The maximum absolute atomic E-state index is 6.15. The molecule has 0 saturated heterocycles. The van der Waals surface area contributed by atoms with E-state index in [1.807, 2.05) is 19.1 Å².